The minimum atomic E-state index is -0.958. The van der Waals surface area contributed by atoms with E-state index in [4.69, 9.17) is 11.5 Å². The zero-order valence-electron chi connectivity index (χ0n) is 8.53. The molecular formula is C9H16N4O. The summed E-state index contributed by atoms with van der Waals surface area (Å²) >= 11 is 0. The molecule has 1 heterocycles. The maximum Gasteiger partial charge on any atom is 0.237 e. The molecule has 5 nitrogen and oxygen atoms in total. The smallest absolute Gasteiger partial charge is 0.237 e. The fraction of sp³-hybridized carbons (Fsp3) is 0.556. The lowest BCUT2D eigenvalue weighted by atomic mass is 9.99. The van der Waals surface area contributed by atoms with Crippen LogP contribution in [-0.4, -0.2) is 21.2 Å². The number of primary amides is 1. The Morgan fingerprint density at radius 1 is 1.71 bits per heavy atom. The number of carbonyl (C=O) groups is 1. The van der Waals surface area contributed by atoms with Crippen molar-refractivity contribution in [1.29, 1.82) is 0 Å². The van der Waals surface area contributed by atoms with Gasteiger partial charge in [-0.05, 0) is 25.8 Å². The van der Waals surface area contributed by atoms with Gasteiger partial charge < -0.3 is 11.5 Å². The number of amides is 1. The Bertz CT molecular complexity index is 329. The van der Waals surface area contributed by atoms with Crippen molar-refractivity contribution in [3.05, 3.63) is 18.0 Å². The van der Waals surface area contributed by atoms with E-state index in [1.807, 2.05) is 13.1 Å². The molecular weight excluding hydrogens is 180 g/mol. The third-order valence-electron chi connectivity index (χ3n) is 2.19. The Labute approximate surface area is 83.1 Å². The summed E-state index contributed by atoms with van der Waals surface area (Å²) in [6.45, 7) is 4.19. The summed E-state index contributed by atoms with van der Waals surface area (Å²) in [4.78, 5) is 10.9. The van der Waals surface area contributed by atoms with Crippen LogP contribution in [0.1, 0.15) is 18.9 Å². The maximum absolute atomic E-state index is 10.9. The lowest BCUT2D eigenvalue weighted by Crippen LogP contribution is -2.49. The van der Waals surface area contributed by atoms with Gasteiger partial charge in [0.25, 0.3) is 0 Å². The van der Waals surface area contributed by atoms with E-state index in [1.165, 1.54) is 0 Å². The molecule has 4 N–H and O–H groups in total. The number of aromatic nitrogens is 2. The highest BCUT2D eigenvalue weighted by molar-refractivity contribution is 5.83. The van der Waals surface area contributed by atoms with E-state index >= 15 is 0 Å². The van der Waals surface area contributed by atoms with Crippen LogP contribution in [0.5, 0.6) is 0 Å². The van der Waals surface area contributed by atoms with E-state index in [9.17, 15) is 4.79 Å². The summed E-state index contributed by atoms with van der Waals surface area (Å²) in [5, 5.41) is 4.09. The third-order valence-corrected chi connectivity index (χ3v) is 2.19. The van der Waals surface area contributed by atoms with Gasteiger partial charge in [-0.15, -0.1) is 0 Å². The van der Waals surface area contributed by atoms with Gasteiger partial charge in [-0.3, -0.25) is 9.48 Å². The van der Waals surface area contributed by atoms with Gasteiger partial charge in [-0.25, -0.2) is 0 Å². The van der Waals surface area contributed by atoms with E-state index in [0.717, 1.165) is 5.56 Å². The van der Waals surface area contributed by atoms with Crippen molar-refractivity contribution in [1.82, 2.24) is 9.78 Å². The van der Waals surface area contributed by atoms with Crippen molar-refractivity contribution in [3.8, 4) is 0 Å². The van der Waals surface area contributed by atoms with Gasteiger partial charge in [-0.2, -0.15) is 5.10 Å². The zero-order chi connectivity index (χ0) is 10.8. The molecule has 0 aromatic carbocycles. The number of aryl methyl sites for hydroxylation is 2. The minimum Gasteiger partial charge on any atom is -0.368 e. The fourth-order valence-corrected chi connectivity index (χ4v) is 1.06. The predicted molar refractivity (Wildman–Crippen MR) is 53.4 cm³/mol. The number of nitrogens with zero attached hydrogens (tertiary/aromatic N) is 2. The maximum atomic E-state index is 10.9. The summed E-state index contributed by atoms with van der Waals surface area (Å²) in [7, 11) is 0. The van der Waals surface area contributed by atoms with E-state index in [-0.39, 0.29) is 0 Å². The number of hydrogen-bond donors (Lipinski definition) is 2. The lowest BCUT2D eigenvalue weighted by molar-refractivity contribution is -0.122. The number of hydrogen-bond acceptors (Lipinski definition) is 3. The summed E-state index contributed by atoms with van der Waals surface area (Å²) in [5.74, 6) is -0.485. The van der Waals surface area contributed by atoms with Gasteiger partial charge in [-0.1, -0.05) is 0 Å². The molecule has 1 aromatic heterocycles. The number of rotatable bonds is 4. The summed E-state index contributed by atoms with van der Waals surface area (Å²) in [5.41, 5.74) is 11.0. The molecule has 0 bridgehead atoms. The predicted octanol–water partition coefficient (Wildman–Crippen LogP) is -0.216. The monoisotopic (exact) mass is 196 g/mol. The van der Waals surface area contributed by atoms with E-state index in [0.29, 0.717) is 13.0 Å². The summed E-state index contributed by atoms with van der Waals surface area (Å²) in [6, 6.07) is 0. The molecule has 1 atom stereocenters. The van der Waals surface area contributed by atoms with Crippen LogP contribution in [0.2, 0.25) is 0 Å². The lowest BCUT2D eigenvalue weighted by Gasteiger charge is -2.19. The van der Waals surface area contributed by atoms with Crippen molar-refractivity contribution in [2.24, 2.45) is 11.5 Å². The van der Waals surface area contributed by atoms with Crippen LogP contribution in [0.25, 0.3) is 0 Å². The molecule has 1 rings (SSSR count). The summed E-state index contributed by atoms with van der Waals surface area (Å²) < 4.78 is 1.75. The molecule has 0 aliphatic rings. The normalized spacial score (nSPS) is 15.1. The van der Waals surface area contributed by atoms with E-state index < -0.39 is 11.4 Å². The van der Waals surface area contributed by atoms with Gasteiger partial charge >= 0.3 is 0 Å². The van der Waals surface area contributed by atoms with E-state index in [2.05, 4.69) is 5.10 Å². The quantitative estimate of drug-likeness (QED) is 0.698. The van der Waals surface area contributed by atoms with Crippen molar-refractivity contribution in [3.63, 3.8) is 0 Å². The Balaban J connectivity index is 2.52. The second-order valence-corrected chi connectivity index (χ2v) is 3.81. The Kier molecular flexibility index (Phi) is 2.90. The van der Waals surface area contributed by atoms with Crippen LogP contribution < -0.4 is 11.5 Å². The number of nitrogens with two attached hydrogens (primary N) is 2. The van der Waals surface area contributed by atoms with Crippen molar-refractivity contribution >= 4 is 5.91 Å². The molecule has 1 unspecified atom stereocenters. The first-order valence-electron chi connectivity index (χ1n) is 4.50. The standard InChI is InChI=1S/C9H16N4O/c1-7-5-12-13(6-7)4-3-9(2,11)8(10)14/h5-6H,3-4,11H2,1-2H3,(H2,10,14). The van der Waals surface area contributed by atoms with Crippen LogP contribution in [-0.2, 0) is 11.3 Å². The first-order chi connectivity index (χ1) is 6.42. The molecule has 0 aliphatic carbocycles. The molecule has 0 aliphatic heterocycles. The van der Waals surface area contributed by atoms with Crippen LogP contribution in [0.3, 0.4) is 0 Å². The topological polar surface area (TPSA) is 86.9 Å². The van der Waals surface area contributed by atoms with Crippen LogP contribution >= 0.6 is 0 Å². The van der Waals surface area contributed by atoms with Gasteiger partial charge in [0.15, 0.2) is 0 Å². The molecule has 1 aromatic rings. The van der Waals surface area contributed by atoms with Gasteiger partial charge in [0.05, 0.1) is 11.7 Å². The summed E-state index contributed by atoms with van der Waals surface area (Å²) in [6.07, 6.45) is 4.15. The second kappa shape index (κ2) is 3.79. The molecule has 5 heteroatoms. The molecule has 0 radical (unpaired) electrons. The van der Waals surface area contributed by atoms with Crippen LogP contribution in [0, 0.1) is 6.92 Å². The Morgan fingerprint density at radius 3 is 2.79 bits per heavy atom. The first-order valence-corrected chi connectivity index (χ1v) is 4.50. The largest absolute Gasteiger partial charge is 0.368 e. The van der Waals surface area contributed by atoms with Gasteiger partial charge in [0.2, 0.25) is 5.91 Å². The molecule has 1 amide bonds. The average molecular weight is 196 g/mol. The second-order valence-electron chi connectivity index (χ2n) is 3.81. The van der Waals surface area contributed by atoms with Crippen molar-refractivity contribution < 1.29 is 4.79 Å². The Morgan fingerprint density at radius 2 is 2.36 bits per heavy atom. The molecule has 0 fully saturated rings. The van der Waals surface area contributed by atoms with Crippen LogP contribution in [0.4, 0.5) is 0 Å². The molecule has 78 valence electrons. The van der Waals surface area contributed by atoms with Crippen molar-refractivity contribution in [2.75, 3.05) is 0 Å². The Hall–Kier alpha value is -1.36. The average Bonchev–Trinajstić information content (AvgIpc) is 2.48. The van der Waals surface area contributed by atoms with Gasteiger partial charge in [0.1, 0.15) is 0 Å². The molecule has 14 heavy (non-hydrogen) atoms. The van der Waals surface area contributed by atoms with E-state index in [1.54, 1.807) is 17.8 Å². The molecule has 0 spiro atoms. The third kappa shape index (κ3) is 2.56. The fourth-order valence-electron chi connectivity index (χ4n) is 1.06. The SMILES string of the molecule is Cc1cnn(CCC(C)(N)C(N)=O)c1. The molecule has 0 saturated heterocycles. The van der Waals surface area contributed by atoms with Gasteiger partial charge in [0, 0.05) is 12.7 Å². The van der Waals surface area contributed by atoms with Crippen molar-refractivity contribution in [2.45, 2.75) is 32.4 Å². The first kappa shape index (κ1) is 10.7. The highest BCUT2D eigenvalue weighted by Gasteiger charge is 2.25. The highest BCUT2D eigenvalue weighted by atomic mass is 16.1. The minimum absolute atomic E-state index is 0.485. The van der Waals surface area contributed by atoms with Crippen LogP contribution in [0.15, 0.2) is 12.4 Å². The highest BCUT2D eigenvalue weighted by Crippen LogP contribution is 2.06. The number of carbonyl (C=O) groups excluding carboxylic acids is 1. The zero-order valence-corrected chi connectivity index (χ0v) is 8.53. The molecule has 0 saturated carbocycles.